The Kier molecular flexibility index (Phi) is 2.57. The molecule has 0 saturated heterocycles. The van der Waals surface area contributed by atoms with Crippen molar-refractivity contribution >= 4 is 0 Å². The molecule has 0 saturated carbocycles. The maximum absolute atomic E-state index is 13.0. The zero-order valence-electron chi connectivity index (χ0n) is 8.36. The Morgan fingerprint density at radius 2 is 1.86 bits per heavy atom. The maximum Gasteiger partial charge on any atom is 0.270 e. The molecule has 0 unspecified atom stereocenters. The van der Waals surface area contributed by atoms with Gasteiger partial charge in [-0.1, -0.05) is 0 Å². The van der Waals surface area contributed by atoms with Crippen molar-refractivity contribution in [3.05, 3.63) is 34.4 Å². The Labute approximate surface area is 82.0 Å². The number of nitriles is 1. The van der Waals surface area contributed by atoms with Crippen molar-refractivity contribution in [2.24, 2.45) is 0 Å². The first kappa shape index (κ1) is 10.6. The van der Waals surface area contributed by atoms with Crippen LogP contribution in [0.5, 0.6) is 0 Å². The average molecular weight is 195 g/mol. The first-order valence-corrected chi connectivity index (χ1v) is 4.26. The summed E-state index contributed by atoms with van der Waals surface area (Å²) in [5, 5.41) is 8.74. The van der Waals surface area contributed by atoms with Gasteiger partial charge in [0.15, 0.2) is 0 Å². The van der Waals surface area contributed by atoms with E-state index >= 15 is 0 Å². The number of hydrogen-bond donors (Lipinski definition) is 0. The summed E-state index contributed by atoms with van der Waals surface area (Å²) >= 11 is 0. The number of nitrogens with zero attached hydrogens (tertiary/aromatic N) is 1. The third kappa shape index (κ3) is 1.90. The monoisotopic (exact) mass is 195 g/mol. The summed E-state index contributed by atoms with van der Waals surface area (Å²) in [6.45, 7) is 4.31. The van der Waals surface area contributed by atoms with Crippen molar-refractivity contribution in [2.45, 2.75) is 26.7 Å². The number of aryl methyl sites for hydroxylation is 1. The Hall–Kier alpha value is -1.43. The highest BCUT2D eigenvalue weighted by Crippen LogP contribution is 2.29. The minimum absolute atomic E-state index is 0.0999. The molecule has 1 aromatic carbocycles. The van der Waals surface area contributed by atoms with Crippen molar-refractivity contribution in [1.82, 2.24) is 0 Å². The molecule has 3 heteroatoms. The molecular formula is C11H11F2N. The fourth-order valence-electron chi connectivity index (χ4n) is 1.23. The predicted molar refractivity (Wildman–Crippen MR) is 50.2 cm³/mol. The van der Waals surface area contributed by atoms with Crippen molar-refractivity contribution < 1.29 is 8.78 Å². The smallest absolute Gasteiger partial charge is 0.202 e. The maximum atomic E-state index is 13.0. The Balaban J connectivity index is 3.40. The van der Waals surface area contributed by atoms with Crippen LogP contribution >= 0.6 is 0 Å². The number of benzene rings is 1. The third-order valence-corrected chi connectivity index (χ3v) is 2.29. The second-order valence-electron chi connectivity index (χ2n) is 3.47. The van der Waals surface area contributed by atoms with Crippen molar-refractivity contribution in [1.29, 1.82) is 5.26 Å². The van der Waals surface area contributed by atoms with Crippen LogP contribution in [0, 0.1) is 25.2 Å². The van der Waals surface area contributed by atoms with E-state index in [1.807, 2.05) is 6.07 Å². The fourth-order valence-corrected chi connectivity index (χ4v) is 1.23. The van der Waals surface area contributed by atoms with E-state index in [2.05, 4.69) is 0 Å². The van der Waals surface area contributed by atoms with E-state index in [0.717, 1.165) is 18.1 Å². The van der Waals surface area contributed by atoms with Gasteiger partial charge in [0.05, 0.1) is 11.6 Å². The normalized spacial score (nSPS) is 11.1. The summed E-state index contributed by atoms with van der Waals surface area (Å²) in [4.78, 5) is 0. The molecule has 0 atom stereocenters. The lowest BCUT2D eigenvalue weighted by Gasteiger charge is -2.13. The highest BCUT2D eigenvalue weighted by molar-refractivity contribution is 5.45. The van der Waals surface area contributed by atoms with Crippen LogP contribution in [0.2, 0.25) is 0 Å². The topological polar surface area (TPSA) is 23.8 Å². The number of rotatable bonds is 1. The molecule has 14 heavy (non-hydrogen) atoms. The zero-order chi connectivity index (χ0) is 10.9. The van der Waals surface area contributed by atoms with Gasteiger partial charge >= 0.3 is 0 Å². The molecule has 0 aromatic heterocycles. The van der Waals surface area contributed by atoms with Crippen LogP contribution in [0.15, 0.2) is 12.1 Å². The molecule has 1 rings (SSSR count). The number of halogens is 2. The highest BCUT2D eigenvalue weighted by atomic mass is 19.3. The van der Waals surface area contributed by atoms with E-state index in [1.54, 1.807) is 13.8 Å². The molecule has 0 radical (unpaired) electrons. The Morgan fingerprint density at radius 3 is 2.29 bits per heavy atom. The summed E-state index contributed by atoms with van der Waals surface area (Å²) in [5.41, 5.74) is 1.71. The quantitative estimate of drug-likeness (QED) is 0.674. The molecule has 0 fully saturated rings. The third-order valence-electron chi connectivity index (χ3n) is 2.29. The molecule has 0 bridgehead atoms. The van der Waals surface area contributed by atoms with E-state index in [0.29, 0.717) is 5.56 Å². The fraction of sp³-hybridized carbons (Fsp3) is 0.364. The molecule has 0 aliphatic rings. The van der Waals surface area contributed by atoms with Crippen LogP contribution in [0.1, 0.15) is 29.2 Å². The highest BCUT2D eigenvalue weighted by Gasteiger charge is 2.25. The Bertz CT molecular complexity index is 397. The second-order valence-corrected chi connectivity index (χ2v) is 3.47. The standard InChI is InChI=1S/C11H11F2N/c1-7-4-10(11(3,12)13)5-9(6-14)8(7)2/h4-5H,1-3H3. The largest absolute Gasteiger partial charge is 0.270 e. The molecule has 0 aliphatic carbocycles. The van der Waals surface area contributed by atoms with Crippen molar-refractivity contribution in [3.8, 4) is 6.07 Å². The van der Waals surface area contributed by atoms with Gasteiger partial charge in [0.1, 0.15) is 0 Å². The molecule has 0 spiro atoms. The summed E-state index contributed by atoms with van der Waals surface area (Å²) in [5.74, 6) is -2.88. The van der Waals surface area contributed by atoms with Gasteiger partial charge in [-0.2, -0.15) is 5.26 Å². The molecule has 0 aliphatic heterocycles. The minimum Gasteiger partial charge on any atom is -0.202 e. The van der Waals surface area contributed by atoms with Gasteiger partial charge in [-0.3, -0.25) is 0 Å². The Morgan fingerprint density at radius 1 is 1.29 bits per heavy atom. The molecule has 1 aromatic rings. The van der Waals surface area contributed by atoms with E-state index in [-0.39, 0.29) is 5.56 Å². The van der Waals surface area contributed by atoms with Crippen LogP contribution in [-0.4, -0.2) is 0 Å². The van der Waals surface area contributed by atoms with E-state index in [4.69, 9.17) is 5.26 Å². The second kappa shape index (κ2) is 3.38. The molecule has 0 amide bonds. The number of hydrogen-bond acceptors (Lipinski definition) is 1. The first-order valence-electron chi connectivity index (χ1n) is 4.26. The summed E-state index contributed by atoms with van der Waals surface area (Å²) in [6, 6.07) is 4.59. The van der Waals surface area contributed by atoms with E-state index < -0.39 is 5.92 Å². The molecular weight excluding hydrogens is 184 g/mol. The minimum atomic E-state index is -2.88. The van der Waals surface area contributed by atoms with Crippen molar-refractivity contribution in [2.75, 3.05) is 0 Å². The summed E-state index contributed by atoms with van der Waals surface area (Å²) in [7, 11) is 0. The predicted octanol–water partition coefficient (Wildman–Crippen LogP) is 3.29. The van der Waals surface area contributed by atoms with Crippen LogP contribution in [0.4, 0.5) is 8.78 Å². The van der Waals surface area contributed by atoms with Gasteiger partial charge in [-0.15, -0.1) is 0 Å². The van der Waals surface area contributed by atoms with Crippen LogP contribution in [-0.2, 0) is 5.92 Å². The van der Waals surface area contributed by atoms with Gasteiger partial charge in [0.2, 0.25) is 0 Å². The van der Waals surface area contributed by atoms with Crippen LogP contribution in [0.25, 0.3) is 0 Å². The first-order chi connectivity index (χ1) is 6.36. The lowest BCUT2D eigenvalue weighted by molar-refractivity contribution is 0.0174. The zero-order valence-corrected chi connectivity index (χ0v) is 8.36. The van der Waals surface area contributed by atoms with Crippen molar-refractivity contribution in [3.63, 3.8) is 0 Å². The molecule has 1 nitrogen and oxygen atoms in total. The van der Waals surface area contributed by atoms with Gasteiger partial charge in [-0.05, 0) is 37.1 Å². The van der Waals surface area contributed by atoms with Gasteiger partial charge in [0, 0.05) is 12.5 Å². The van der Waals surface area contributed by atoms with Crippen LogP contribution < -0.4 is 0 Å². The summed E-state index contributed by atoms with van der Waals surface area (Å²) in [6.07, 6.45) is 0. The van der Waals surface area contributed by atoms with E-state index in [1.165, 1.54) is 12.1 Å². The lowest BCUT2D eigenvalue weighted by atomic mass is 9.98. The van der Waals surface area contributed by atoms with Gasteiger partial charge < -0.3 is 0 Å². The number of alkyl halides is 2. The average Bonchev–Trinajstić information content (AvgIpc) is 2.07. The SMILES string of the molecule is Cc1cc(C(C)(F)F)cc(C#N)c1C. The van der Waals surface area contributed by atoms with E-state index in [9.17, 15) is 8.78 Å². The molecule has 0 N–H and O–H groups in total. The molecule has 74 valence electrons. The van der Waals surface area contributed by atoms with Crippen LogP contribution in [0.3, 0.4) is 0 Å². The van der Waals surface area contributed by atoms with Gasteiger partial charge in [0.25, 0.3) is 5.92 Å². The van der Waals surface area contributed by atoms with Gasteiger partial charge in [-0.25, -0.2) is 8.78 Å². The molecule has 0 heterocycles. The summed E-state index contributed by atoms with van der Waals surface area (Å²) < 4.78 is 25.9. The lowest BCUT2D eigenvalue weighted by Crippen LogP contribution is -2.08.